The highest BCUT2D eigenvalue weighted by molar-refractivity contribution is 5.94. The Balaban J connectivity index is 1.80. The Morgan fingerprint density at radius 3 is 2.62 bits per heavy atom. The molecule has 0 aliphatic rings. The van der Waals surface area contributed by atoms with Gasteiger partial charge in [0.05, 0.1) is 0 Å². The Kier molecular flexibility index (Phi) is 6.54. The summed E-state index contributed by atoms with van der Waals surface area (Å²) in [6.07, 6.45) is 3.07. The average molecular weight is 328 g/mol. The van der Waals surface area contributed by atoms with Crippen LogP contribution in [0.1, 0.15) is 41.6 Å². The van der Waals surface area contributed by atoms with Crippen LogP contribution in [-0.4, -0.2) is 34.1 Å². The van der Waals surface area contributed by atoms with Gasteiger partial charge in [-0.2, -0.15) is 0 Å². The fourth-order valence-electron chi connectivity index (χ4n) is 2.25. The first-order chi connectivity index (χ1) is 11.6. The minimum absolute atomic E-state index is 0.145. The van der Waals surface area contributed by atoms with Crippen LogP contribution in [0.25, 0.3) is 0 Å². The monoisotopic (exact) mass is 328 g/mol. The zero-order chi connectivity index (χ0) is 17.4. The molecule has 24 heavy (non-hydrogen) atoms. The molecule has 0 fully saturated rings. The number of unbranched alkanes of at least 4 members (excludes halogenated alkanes) is 1. The predicted octanol–water partition coefficient (Wildman–Crippen LogP) is 2.68. The molecule has 0 bridgehead atoms. The second-order valence-corrected chi connectivity index (χ2v) is 5.64. The van der Waals surface area contributed by atoms with Crippen LogP contribution < -0.4 is 10.6 Å². The molecule has 0 atom stereocenters. The standard InChI is InChI=1S/C18H24N4O2/c1-3-4-5-16-21-13(2)12-17(22-16)19-10-11-20-18(24)14-6-8-15(23)9-7-14/h6-9,12,23H,3-5,10-11H2,1-2H3,(H,20,24)(H,19,21,22). The molecule has 1 aromatic carbocycles. The van der Waals surface area contributed by atoms with Crippen molar-refractivity contribution in [2.45, 2.75) is 33.1 Å². The van der Waals surface area contributed by atoms with Crippen molar-refractivity contribution in [3.05, 3.63) is 47.4 Å². The molecular weight excluding hydrogens is 304 g/mol. The molecule has 1 amide bonds. The van der Waals surface area contributed by atoms with Crippen LogP contribution in [0.3, 0.4) is 0 Å². The number of aromatic nitrogens is 2. The van der Waals surface area contributed by atoms with Crippen molar-refractivity contribution < 1.29 is 9.90 Å². The molecule has 1 heterocycles. The first-order valence-electron chi connectivity index (χ1n) is 8.24. The second kappa shape index (κ2) is 8.86. The summed E-state index contributed by atoms with van der Waals surface area (Å²) in [5.41, 5.74) is 1.46. The van der Waals surface area contributed by atoms with Gasteiger partial charge in [0.15, 0.2) is 0 Å². The van der Waals surface area contributed by atoms with Gasteiger partial charge >= 0.3 is 0 Å². The second-order valence-electron chi connectivity index (χ2n) is 5.64. The third-order valence-corrected chi connectivity index (χ3v) is 3.50. The lowest BCUT2D eigenvalue weighted by Crippen LogP contribution is -2.28. The first kappa shape index (κ1) is 17.7. The van der Waals surface area contributed by atoms with Crippen molar-refractivity contribution in [3.63, 3.8) is 0 Å². The molecule has 0 aliphatic carbocycles. The Hall–Kier alpha value is -2.63. The van der Waals surface area contributed by atoms with E-state index in [1.807, 2.05) is 13.0 Å². The van der Waals surface area contributed by atoms with Crippen LogP contribution >= 0.6 is 0 Å². The molecule has 3 N–H and O–H groups in total. The molecule has 128 valence electrons. The zero-order valence-electron chi connectivity index (χ0n) is 14.2. The van der Waals surface area contributed by atoms with Gasteiger partial charge < -0.3 is 15.7 Å². The number of hydrogen-bond donors (Lipinski definition) is 3. The number of nitrogens with zero attached hydrogens (tertiary/aromatic N) is 2. The van der Waals surface area contributed by atoms with E-state index in [9.17, 15) is 9.90 Å². The lowest BCUT2D eigenvalue weighted by Gasteiger charge is -2.09. The maximum Gasteiger partial charge on any atom is 0.251 e. The molecular formula is C18H24N4O2. The minimum Gasteiger partial charge on any atom is -0.508 e. The van der Waals surface area contributed by atoms with Gasteiger partial charge in [-0.1, -0.05) is 13.3 Å². The number of carbonyl (C=O) groups is 1. The Bertz CT molecular complexity index is 671. The lowest BCUT2D eigenvalue weighted by molar-refractivity contribution is 0.0955. The van der Waals surface area contributed by atoms with Gasteiger partial charge in [-0.05, 0) is 37.6 Å². The van der Waals surface area contributed by atoms with Gasteiger partial charge in [0.1, 0.15) is 17.4 Å². The molecule has 2 aromatic rings. The molecule has 0 spiro atoms. The number of amides is 1. The van der Waals surface area contributed by atoms with E-state index in [-0.39, 0.29) is 11.7 Å². The molecule has 6 heteroatoms. The number of hydrogen-bond acceptors (Lipinski definition) is 5. The maximum atomic E-state index is 11.9. The summed E-state index contributed by atoms with van der Waals surface area (Å²) >= 11 is 0. The number of phenolic OH excluding ortho intramolecular Hbond substituents is 1. The third-order valence-electron chi connectivity index (χ3n) is 3.50. The highest BCUT2D eigenvalue weighted by atomic mass is 16.3. The molecule has 0 radical (unpaired) electrons. The summed E-state index contributed by atoms with van der Waals surface area (Å²) in [6.45, 7) is 5.15. The number of phenols is 1. The summed E-state index contributed by atoms with van der Waals surface area (Å²) in [4.78, 5) is 20.9. The van der Waals surface area contributed by atoms with E-state index < -0.39 is 0 Å². The van der Waals surface area contributed by atoms with Crippen LogP contribution in [0.15, 0.2) is 30.3 Å². The van der Waals surface area contributed by atoms with Crippen LogP contribution in [-0.2, 0) is 6.42 Å². The molecule has 2 rings (SSSR count). The van der Waals surface area contributed by atoms with E-state index >= 15 is 0 Å². The van der Waals surface area contributed by atoms with Gasteiger partial charge in [0, 0.05) is 36.8 Å². The van der Waals surface area contributed by atoms with E-state index in [0.29, 0.717) is 18.7 Å². The first-order valence-corrected chi connectivity index (χ1v) is 8.24. The topological polar surface area (TPSA) is 87.1 Å². The van der Waals surface area contributed by atoms with Crippen molar-refractivity contribution in [3.8, 4) is 5.75 Å². The van der Waals surface area contributed by atoms with Crippen LogP contribution in [0, 0.1) is 6.92 Å². The molecule has 0 unspecified atom stereocenters. The highest BCUT2D eigenvalue weighted by Gasteiger charge is 2.05. The van der Waals surface area contributed by atoms with Crippen molar-refractivity contribution in [1.82, 2.24) is 15.3 Å². The summed E-state index contributed by atoms with van der Waals surface area (Å²) in [5.74, 6) is 1.62. The van der Waals surface area contributed by atoms with Gasteiger partial charge in [-0.25, -0.2) is 9.97 Å². The predicted molar refractivity (Wildman–Crippen MR) is 94.3 cm³/mol. The van der Waals surface area contributed by atoms with Crippen molar-refractivity contribution in [2.75, 3.05) is 18.4 Å². The summed E-state index contributed by atoms with van der Waals surface area (Å²) < 4.78 is 0. The van der Waals surface area contributed by atoms with Crippen molar-refractivity contribution >= 4 is 11.7 Å². The lowest BCUT2D eigenvalue weighted by atomic mass is 10.2. The Morgan fingerprint density at radius 2 is 1.92 bits per heavy atom. The number of aryl methyl sites for hydroxylation is 2. The van der Waals surface area contributed by atoms with Crippen LogP contribution in [0.2, 0.25) is 0 Å². The van der Waals surface area contributed by atoms with Crippen LogP contribution in [0.4, 0.5) is 5.82 Å². The molecule has 0 saturated carbocycles. The Labute approximate surface area is 142 Å². The van der Waals surface area contributed by atoms with E-state index in [1.54, 1.807) is 12.1 Å². The smallest absolute Gasteiger partial charge is 0.251 e. The maximum absolute atomic E-state index is 11.9. The number of carbonyl (C=O) groups excluding carboxylic acids is 1. The summed E-state index contributed by atoms with van der Waals surface area (Å²) in [7, 11) is 0. The van der Waals surface area contributed by atoms with E-state index in [2.05, 4.69) is 27.5 Å². The molecule has 1 aromatic heterocycles. The molecule has 0 aliphatic heterocycles. The molecule has 6 nitrogen and oxygen atoms in total. The normalized spacial score (nSPS) is 10.4. The van der Waals surface area contributed by atoms with E-state index in [4.69, 9.17) is 0 Å². The van der Waals surface area contributed by atoms with Crippen molar-refractivity contribution in [2.24, 2.45) is 0 Å². The fourth-order valence-corrected chi connectivity index (χ4v) is 2.25. The fraction of sp³-hybridized carbons (Fsp3) is 0.389. The number of rotatable bonds is 8. The summed E-state index contributed by atoms with van der Waals surface area (Å²) in [5, 5.41) is 15.3. The van der Waals surface area contributed by atoms with Gasteiger partial charge in [0.2, 0.25) is 0 Å². The van der Waals surface area contributed by atoms with E-state index in [1.165, 1.54) is 12.1 Å². The number of benzene rings is 1. The SMILES string of the molecule is CCCCc1nc(C)cc(NCCNC(=O)c2ccc(O)cc2)n1. The van der Waals surface area contributed by atoms with Gasteiger partial charge in [0.25, 0.3) is 5.91 Å². The number of anilines is 1. The zero-order valence-corrected chi connectivity index (χ0v) is 14.2. The third kappa shape index (κ3) is 5.53. The largest absolute Gasteiger partial charge is 0.508 e. The van der Waals surface area contributed by atoms with Crippen molar-refractivity contribution in [1.29, 1.82) is 0 Å². The van der Waals surface area contributed by atoms with Gasteiger partial charge in [-0.3, -0.25) is 4.79 Å². The molecule has 0 saturated heterocycles. The summed E-state index contributed by atoms with van der Waals surface area (Å²) in [6, 6.07) is 8.07. The van der Waals surface area contributed by atoms with Crippen LogP contribution in [0.5, 0.6) is 5.75 Å². The quantitative estimate of drug-likeness (QED) is 0.649. The number of nitrogens with one attached hydrogen (secondary N) is 2. The number of aromatic hydroxyl groups is 1. The average Bonchev–Trinajstić information content (AvgIpc) is 2.57. The Morgan fingerprint density at radius 1 is 1.17 bits per heavy atom. The minimum atomic E-state index is -0.167. The van der Waals surface area contributed by atoms with Gasteiger partial charge in [-0.15, -0.1) is 0 Å². The highest BCUT2D eigenvalue weighted by Crippen LogP contribution is 2.10. The van der Waals surface area contributed by atoms with E-state index in [0.717, 1.165) is 36.6 Å².